The van der Waals surface area contributed by atoms with Crippen LogP contribution in [0.15, 0.2) is 85.2 Å². The quantitative estimate of drug-likeness (QED) is 0.0399. The van der Waals surface area contributed by atoms with Crippen LogP contribution in [0.5, 0.6) is 0 Å². The first-order chi connectivity index (χ1) is 23.4. The van der Waals surface area contributed by atoms with E-state index in [0.717, 1.165) is 24.8 Å². The Hall–Kier alpha value is -2.23. The Morgan fingerprint density at radius 1 is 0.922 bits per heavy atom. The van der Waals surface area contributed by atoms with Crippen LogP contribution in [-0.4, -0.2) is 55.5 Å². The Morgan fingerprint density at radius 2 is 1.45 bits per heavy atom. The van der Waals surface area contributed by atoms with E-state index < -0.39 is 43.9 Å². The summed E-state index contributed by atoms with van der Waals surface area (Å²) in [7, 11) is -10.7. The number of hydrogen-bond donors (Lipinski definition) is 0. The Labute approximate surface area is 307 Å². The van der Waals surface area contributed by atoms with Crippen molar-refractivity contribution in [2.24, 2.45) is 5.92 Å². The molecule has 0 amide bonds. The van der Waals surface area contributed by atoms with E-state index in [2.05, 4.69) is 121 Å². The minimum atomic E-state index is -5.80. The monoisotopic (exact) mass is 768 g/mol. The first-order valence-electron chi connectivity index (χ1n) is 17.9. The summed E-state index contributed by atoms with van der Waals surface area (Å²) in [6.45, 7) is 27.4. The molecule has 2 aromatic rings. The van der Waals surface area contributed by atoms with E-state index in [1.807, 2.05) is 12.1 Å². The molecule has 0 spiro atoms. The predicted molar refractivity (Wildman–Crippen MR) is 206 cm³/mol. The van der Waals surface area contributed by atoms with Crippen LogP contribution in [0.25, 0.3) is 0 Å². The van der Waals surface area contributed by atoms with Crippen LogP contribution in [0.3, 0.4) is 0 Å². The first kappa shape index (κ1) is 43.2. The molecule has 2 aromatic carbocycles. The highest BCUT2D eigenvalue weighted by Crippen LogP contribution is 2.41. The Kier molecular flexibility index (Phi) is 14.3. The number of rotatable bonds is 17. The molecule has 0 N–H and O–H groups in total. The van der Waals surface area contributed by atoms with Crippen molar-refractivity contribution >= 4 is 37.1 Å². The van der Waals surface area contributed by atoms with Gasteiger partial charge in [0.25, 0.3) is 8.32 Å². The van der Waals surface area contributed by atoms with Gasteiger partial charge in [-0.25, -0.2) is 0 Å². The fraction of sp³-hybridized carbons (Fsp3) is 0.590. The lowest BCUT2D eigenvalue weighted by atomic mass is 9.96. The summed E-state index contributed by atoms with van der Waals surface area (Å²) in [5, 5.41) is 2.27. The molecule has 0 radical (unpaired) electrons. The van der Waals surface area contributed by atoms with Gasteiger partial charge in [0.05, 0.1) is 12.2 Å². The van der Waals surface area contributed by atoms with Gasteiger partial charge in [0.15, 0.2) is 8.32 Å². The minimum absolute atomic E-state index is 0.00434. The molecule has 1 aliphatic rings. The Balaban J connectivity index is 1.66. The van der Waals surface area contributed by atoms with Crippen LogP contribution in [0.1, 0.15) is 87.0 Å². The third-order valence-corrected chi connectivity index (χ3v) is 21.0. The maximum Gasteiger partial charge on any atom is 0.534 e. The van der Waals surface area contributed by atoms with Crippen LogP contribution < -0.4 is 10.4 Å². The van der Waals surface area contributed by atoms with Crippen LogP contribution >= 0.6 is 0 Å². The standard InChI is InChI=1S/C39H59F3O6SSi2/c1-29(31(3)47-49(43,44)39(40,41)42)27-33(48-50(10,11)37(4,5)6)24-25-36-30(2)28-32(46-36)19-18-26-45-51(38(7,8)9,34-20-14-12-15-21-34)35-22-16-13-17-23-35/h12-17,20-23,29,32-33,36H,2-3,18-19,24-28H2,1,4-11H3/t29?,32?,33-,36?/m0/s1. The second kappa shape index (κ2) is 16.8. The summed E-state index contributed by atoms with van der Waals surface area (Å²) < 4.78 is 86.9. The molecular formula is C39H59F3O6SSi2. The molecule has 3 rings (SSSR count). The summed E-state index contributed by atoms with van der Waals surface area (Å²) >= 11 is 0. The summed E-state index contributed by atoms with van der Waals surface area (Å²) in [5.41, 5.74) is -4.52. The van der Waals surface area contributed by atoms with Gasteiger partial charge in [-0.05, 0) is 77.6 Å². The van der Waals surface area contributed by atoms with Crippen molar-refractivity contribution in [1.82, 2.24) is 0 Å². The molecular weight excluding hydrogens is 710 g/mol. The molecule has 0 aliphatic carbocycles. The topological polar surface area (TPSA) is 71.1 Å². The summed E-state index contributed by atoms with van der Waals surface area (Å²) in [6.07, 6.45) is 3.27. The SMILES string of the molecule is C=C(OS(=O)(=O)C(F)(F)F)C(C)C[C@H](CCC1OC(CCCO[Si](c2ccccc2)(c2ccccc2)C(C)(C)C)CC1=C)O[Si](C)(C)C(C)(C)C. The van der Waals surface area contributed by atoms with Crippen LogP contribution in [0.4, 0.5) is 13.2 Å². The number of ether oxygens (including phenoxy) is 1. The van der Waals surface area contributed by atoms with Crippen LogP contribution in [0.2, 0.25) is 23.2 Å². The zero-order valence-electron chi connectivity index (χ0n) is 31.9. The summed E-state index contributed by atoms with van der Waals surface area (Å²) in [4.78, 5) is 0. The van der Waals surface area contributed by atoms with Gasteiger partial charge in [-0.15, -0.1) is 0 Å². The van der Waals surface area contributed by atoms with E-state index in [1.54, 1.807) is 6.92 Å². The number of alkyl halides is 3. The average Bonchev–Trinajstić information content (AvgIpc) is 3.37. The van der Waals surface area contributed by atoms with Crippen molar-refractivity contribution in [2.75, 3.05) is 6.61 Å². The van der Waals surface area contributed by atoms with E-state index in [4.69, 9.17) is 13.6 Å². The molecule has 0 saturated carbocycles. The first-order valence-corrected chi connectivity index (χ1v) is 24.1. The average molecular weight is 769 g/mol. The molecule has 286 valence electrons. The van der Waals surface area contributed by atoms with Gasteiger partial charge in [0, 0.05) is 18.6 Å². The zero-order chi connectivity index (χ0) is 38.5. The predicted octanol–water partition coefficient (Wildman–Crippen LogP) is 9.63. The second-order valence-corrected chi connectivity index (χ2v) is 27.0. The lowest BCUT2D eigenvalue weighted by Gasteiger charge is -2.43. The molecule has 1 aliphatic heterocycles. The van der Waals surface area contributed by atoms with Crippen molar-refractivity contribution in [3.05, 3.63) is 85.2 Å². The molecule has 4 atom stereocenters. The maximum absolute atomic E-state index is 13.0. The molecule has 1 heterocycles. The van der Waals surface area contributed by atoms with Gasteiger partial charge in [-0.1, -0.05) is 122 Å². The molecule has 1 saturated heterocycles. The molecule has 6 nitrogen and oxygen atoms in total. The van der Waals surface area contributed by atoms with E-state index in [-0.39, 0.29) is 34.8 Å². The minimum Gasteiger partial charge on any atom is -0.414 e. The highest BCUT2D eigenvalue weighted by molar-refractivity contribution is 7.87. The second-order valence-electron chi connectivity index (χ2n) is 16.4. The summed E-state index contributed by atoms with van der Waals surface area (Å²) in [5.74, 6) is -1.16. The fourth-order valence-electron chi connectivity index (χ4n) is 6.49. The third kappa shape index (κ3) is 10.9. The molecule has 0 aromatic heterocycles. The third-order valence-electron chi connectivity index (χ3n) is 10.4. The van der Waals surface area contributed by atoms with Crippen molar-refractivity contribution in [3.8, 4) is 0 Å². The van der Waals surface area contributed by atoms with Gasteiger partial charge < -0.3 is 17.8 Å². The summed E-state index contributed by atoms with van der Waals surface area (Å²) in [6, 6.07) is 21.2. The molecule has 12 heteroatoms. The van der Waals surface area contributed by atoms with Gasteiger partial charge in [-0.2, -0.15) is 21.6 Å². The molecule has 1 fully saturated rings. The van der Waals surface area contributed by atoms with Crippen molar-refractivity contribution < 1.29 is 39.4 Å². The number of halogens is 3. The lowest BCUT2D eigenvalue weighted by Crippen LogP contribution is -2.66. The van der Waals surface area contributed by atoms with E-state index in [0.29, 0.717) is 19.4 Å². The number of allylic oxidation sites excluding steroid dienone is 1. The van der Waals surface area contributed by atoms with Crippen molar-refractivity contribution in [3.63, 3.8) is 0 Å². The smallest absolute Gasteiger partial charge is 0.414 e. The highest BCUT2D eigenvalue weighted by Gasteiger charge is 2.51. The van der Waals surface area contributed by atoms with E-state index in [9.17, 15) is 21.6 Å². The van der Waals surface area contributed by atoms with Gasteiger partial charge in [0.2, 0.25) is 0 Å². The van der Waals surface area contributed by atoms with E-state index >= 15 is 0 Å². The van der Waals surface area contributed by atoms with Crippen LogP contribution in [0, 0.1) is 5.92 Å². The van der Waals surface area contributed by atoms with Crippen molar-refractivity contribution in [2.45, 2.75) is 134 Å². The molecule has 0 bridgehead atoms. The zero-order valence-corrected chi connectivity index (χ0v) is 34.8. The highest BCUT2D eigenvalue weighted by atomic mass is 32.2. The lowest BCUT2D eigenvalue weighted by molar-refractivity contribution is -0.0527. The normalized spacial score (nSPS) is 19.2. The van der Waals surface area contributed by atoms with Gasteiger partial charge in [-0.3, -0.25) is 0 Å². The number of benzene rings is 2. The largest absolute Gasteiger partial charge is 0.534 e. The number of hydrogen-bond acceptors (Lipinski definition) is 6. The Morgan fingerprint density at radius 3 is 1.92 bits per heavy atom. The fourth-order valence-corrected chi connectivity index (χ4v) is 13.0. The Bertz CT molecular complexity index is 1510. The van der Waals surface area contributed by atoms with Crippen molar-refractivity contribution in [1.29, 1.82) is 0 Å². The van der Waals surface area contributed by atoms with Crippen LogP contribution in [-0.2, 0) is 27.9 Å². The maximum atomic E-state index is 13.0. The van der Waals surface area contributed by atoms with E-state index in [1.165, 1.54) is 10.4 Å². The molecule has 51 heavy (non-hydrogen) atoms. The van der Waals surface area contributed by atoms with Gasteiger partial charge >= 0.3 is 15.6 Å². The molecule has 3 unspecified atom stereocenters. The van der Waals surface area contributed by atoms with Gasteiger partial charge in [0.1, 0.15) is 5.76 Å².